The first-order valence-electron chi connectivity index (χ1n) is 6.08. The highest BCUT2D eigenvalue weighted by Gasteiger charge is 1.93. The molecular formula is C14H26. The number of rotatable bonds is 9. The Morgan fingerprint density at radius 2 is 1.71 bits per heavy atom. The highest BCUT2D eigenvalue weighted by Crippen LogP contribution is 2.09. The lowest BCUT2D eigenvalue weighted by atomic mass is 10.0. The average Bonchev–Trinajstić information content (AvgIpc) is 2.21. The van der Waals surface area contributed by atoms with Crippen molar-refractivity contribution in [1.29, 1.82) is 0 Å². The van der Waals surface area contributed by atoms with Crippen LogP contribution in [0.1, 0.15) is 58.8 Å². The first-order valence-corrected chi connectivity index (χ1v) is 6.08. The Bertz CT molecular complexity index is 144. The second kappa shape index (κ2) is 10.6. The SMILES string of the molecule is C=CC(C)CCCC=CCCCCC. The number of hydrogen-bond acceptors (Lipinski definition) is 0. The van der Waals surface area contributed by atoms with Crippen molar-refractivity contribution in [3.05, 3.63) is 24.8 Å². The van der Waals surface area contributed by atoms with Crippen LogP contribution in [0.5, 0.6) is 0 Å². The Hall–Kier alpha value is -0.520. The van der Waals surface area contributed by atoms with Gasteiger partial charge in [-0.1, -0.05) is 44.9 Å². The molecule has 1 atom stereocenters. The third kappa shape index (κ3) is 9.57. The van der Waals surface area contributed by atoms with E-state index in [2.05, 4.69) is 32.6 Å². The molecule has 0 saturated heterocycles. The summed E-state index contributed by atoms with van der Waals surface area (Å²) in [4.78, 5) is 0. The van der Waals surface area contributed by atoms with Crippen molar-refractivity contribution >= 4 is 0 Å². The van der Waals surface area contributed by atoms with Crippen LogP contribution in [0.2, 0.25) is 0 Å². The third-order valence-corrected chi connectivity index (χ3v) is 2.57. The Morgan fingerprint density at radius 3 is 2.29 bits per heavy atom. The lowest BCUT2D eigenvalue weighted by Gasteiger charge is -2.02. The Morgan fingerprint density at radius 1 is 1.07 bits per heavy atom. The molecule has 1 unspecified atom stereocenters. The first-order chi connectivity index (χ1) is 6.81. The van der Waals surface area contributed by atoms with Gasteiger partial charge in [0.25, 0.3) is 0 Å². The molecule has 0 rings (SSSR count). The summed E-state index contributed by atoms with van der Waals surface area (Å²) >= 11 is 0. The maximum Gasteiger partial charge on any atom is -0.0265 e. The lowest BCUT2D eigenvalue weighted by Crippen LogP contribution is -1.87. The van der Waals surface area contributed by atoms with Gasteiger partial charge in [-0.05, 0) is 38.0 Å². The smallest absolute Gasteiger partial charge is 0.0265 e. The van der Waals surface area contributed by atoms with Gasteiger partial charge in [-0.25, -0.2) is 0 Å². The van der Waals surface area contributed by atoms with E-state index in [-0.39, 0.29) is 0 Å². The molecule has 0 heteroatoms. The molecular weight excluding hydrogens is 168 g/mol. The largest absolute Gasteiger partial charge is 0.103 e. The summed E-state index contributed by atoms with van der Waals surface area (Å²) in [5.41, 5.74) is 0. The van der Waals surface area contributed by atoms with Crippen LogP contribution in [0.3, 0.4) is 0 Å². The van der Waals surface area contributed by atoms with Crippen molar-refractivity contribution in [2.24, 2.45) is 5.92 Å². The third-order valence-electron chi connectivity index (χ3n) is 2.57. The van der Waals surface area contributed by atoms with Gasteiger partial charge in [-0.3, -0.25) is 0 Å². The number of unbranched alkanes of at least 4 members (excludes halogenated alkanes) is 4. The molecule has 0 radical (unpaired) electrons. The summed E-state index contributed by atoms with van der Waals surface area (Å²) < 4.78 is 0. The van der Waals surface area contributed by atoms with Crippen LogP contribution in [0.15, 0.2) is 24.8 Å². The van der Waals surface area contributed by atoms with E-state index in [1.807, 2.05) is 6.08 Å². The van der Waals surface area contributed by atoms with E-state index < -0.39 is 0 Å². The summed E-state index contributed by atoms with van der Waals surface area (Å²) in [5, 5.41) is 0. The molecule has 0 aliphatic carbocycles. The van der Waals surface area contributed by atoms with Gasteiger partial charge >= 0.3 is 0 Å². The highest BCUT2D eigenvalue weighted by atomic mass is 14.0. The van der Waals surface area contributed by atoms with E-state index in [0.717, 1.165) is 0 Å². The second-order valence-electron chi connectivity index (χ2n) is 4.11. The summed E-state index contributed by atoms with van der Waals surface area (Å²) in [6, 6.07) is 0. The second-order valence-corrected chi connectivity index (χ2v) is 4.11. The molecule has 82 valence electrons. The van der Waals surface area contributed by atoms with E-state index in [4.69, 9.17) is 0 Å². The Balaban J connectivity index is 3.14. The minimum atomic E-state index is 0.684. The minimum absolute atomic E-state index is 0.684. The van der Waals surface area contributed by atoms with E-state index in [1.54, 1.807) is 0 Å². The fourth-order valence-electron chi connectivity index (χ4n) is 1.42. The molecule has 0 aliphatic heterocycles. The zero-order valence-electron chi connectivity index (χ0n) is 9.97. The van der Waals surface area contributed by atoms with Gasteiger partial charge in [0.15, 0.2) is 0 Å². The fourth-order valence-corrected chi connectivity index (χ4v) is 1.42. The van der Waals surface area contributed by atoms with Crippen molar-refractivity contribution in [3.63, 3.8) is 0 Å². The van der Waals surface area contributed by atoms with E-state index in [0.29, 0.717) is 5.92 Å². The molecule has 0 aromatic carbocycles. The molecule has 14 heavy (non-hydrogen) atoms. The number of allylic oxidation sites excluding steroid dienone is 3. The topological polar surface area (TPSA) is 0 Å². The van der Waals surface area contributed by atoms with Crippen LogP contribution in [-0.2, 0) is 0 Å². The standard InChI is InChI=1S/C14H26/c1-4-6-7-8-9-10-11-12-13-14(3)5-2/h5,9-10,14H,2,4,6-8,11-13H2,1,3H3. The van der Waals surface area contributed by atoms with Gasteiger partial charge in [0, 0.05) is 0 Å². The van der Waals surface area contributed by atoms with Gasteiger partial charge < -0.3 is 0 Å². The predicted molar refractivity (Wildman–Crippen MR) is 66.5 cm³/mol. The zero-order valence-corrected chi connectivity index (χ0v) is 9.97. The van der Waals surface area contributed by atoms with Crippen LogP contribution < -0.4 is 0 Å². The Labute approximate surface area is 90.1 Å². The minimum Gasteiger partial charge on any atom is -0.103 e. The summed E-state index contributed by atoms with van der Waals surface area (Å²) in [6.45, 7) is 8.28. The molecule has 0 aromatic heterocycles. The molecule has 0 fully saturated rings. The van der Waals surface area contributed by atoms with Gasteiger partial charge in [0.1, 0.15) is 0 Å². The van der Waals surface area contributed by atoms with Crippen molar-refractivity contribution in [1.82, 2.24) is 0 Å². The van der Waals surface area contributed by atoms with Crippen LogP contribution in [0.25, 0.3) is 0 Å². The van der Waals surface area contributed by atoms with Gasteiger partial charge in [-0.2, -0.15) is 0 Å². The van der Waals surface area contributed by atoms with Crippen molar-refractivity contribution in [2.75, 3.05) is 0 Å². The molecule has 0 aromatic rings. The van der Waals surface area contributed by atoms with Crippen LogP contribution in [0.4, 0.5) is 0 Å². The molecule has 0 N–H and O–H groups in total. The van der Waals surface area contributed by atoms with E-state index in [1.165, 1.54) is 44.9 Å². The monoisotopic (exact) mass is 194 g/mol. The Kier molecular flexibility index (Phi) is 10.2. The van der Waals surface area contributed by atoms with Crippen LogP contribution in [0, 0.1) is 5.92 Å². The van der Waals surface area contributed by atoms with Crippen molar-refractivity contribution in [3.8, 4) is 0 Å². The molecule has 0 saturated carbocycles. The molecule has 0 heterocycles. The maximum absolute atomic E-state index is 3.79. The lowest BCUT2D eigenvalue weighted by molar-refractivity contribution is 0.612. The van der Waals surface area contributed by atoms with Gasteiger partial charge in [0.05, 0.1) is 0 Å². The number of hydrogen-bond donors (Lipinski definition) is 0. The fraction of sp³-hybridized carbons (Fsp3) is 0.714. The quantitative estimate of drug-likeness (QED) is 0.353. The summed E-state index contributed by atoms with van der Waals surface area (Å²) in [7, 11) is 0. The van der Waals surface area contributed by atoms with Crippen molar-refractivity contribution < 1.29 is 0 Å². The molecule has 0 aliphatic rings. The normalized spacial score (nSPS) is 13.3. The van der Waals surface area contributed by atoms with E-state index in [9.17, 15) is 0 Å². The summed E-state index contributed by atoms with van der Waals surface area (Å²) in [5.74, 6) is 0.684. The molecule has 0 bridgehead atoms. The van der Waals surface area contributed by atoms with Crippen LogP contribution >= 0.6 is 0 Å². The molecule has 0 nitrogen and oxygen atoms in total. The summed E-state index contributed by atoms with van der Waals surface area (Å²) in [6.07, 6.45) is 15.9. The maximum atomic E-state index is 3.79. The van der Waals surface area contributed by atoms with Gasteiger partial charge in [0.2, 0.25) is 0 Å². The van der Waals surface area contributed by atoms with Gasteiger partial charge in [-0.15, -0.1) is 6.58 Å². The first kappa shape index (κ1) is 13.5. The van der Waals surface area contributed by atoms with Crippen molar-refractivity contribution in [2.45, 2.75) is 58.8 Å². The average molecular weight is 194 g/mol. The van der Waals surface area contributed by atoms with E-state index >= 15 is 0 Å². The van der Waals surface area contributed by atoms with Crippen LogP contribution in [-0.4, -0.2) is 0 Å². The molecule has 0 spiro atoms. The molecule has 0 amide bonds. The highest BCUT2D eigenvalue weighted by molar-refractivity contribution is 4.82. The predicted octanol–water partition coefficient (Wildman–Crippen LogP) is 5.12. The zero-order chi connectivity index (χ0) is 10.6.